The first-order valence-corrected chi connectivity index (χ1v) is 5.01. The molecule has 2 heteroatoms. The normalized spacial score (nSPS) is 62.5. The van der Waals surface area contributed by atoms with Gasteiger partial charge in [0.2, 0.25) is 0 Å². The van der Waals surface area contributed by atoms with E-state index in [0.717, 1.165) is 18.4 Å². The van der Waals surface area contributed by atoms with E-state index in [9.17, 15) is 5.11 Å². The lowest BCUT2D eigenvalue weighted by molar-refractivity contribution is -0.0922. The molecule has 3 aliphatic rings. The topological polar surface area (TPSA) is 29.5 Å². The van der Waals surface area contributed by atoms with E-state index in [-0.39, 0.29) is 0 Å². The van der Waals surface area contributed by atoms with Gasteiger partial charge in [-0.3, -0.25) is 0 Å². The lowest BCUT2D eigenvalue weighted by Crippen LogP contribution is -2.34. The van der Waals surface area contributed by atoms with Crippen LogP contribution >= 0.6 is 0 Å². The molecule has 1 aliphatic heterocycles. The molecule has 2 bridgehead atoms. The third-order valence-corrected chi connectivity index (χ3v) is 4.55. The van der Waals surface area contributed by atoms with Gasteiger partial charge in [-0.1, -0.05) is 6.92 Å². The summed E-state index contributed by atoms with van der Waals surface area (Å²) >= 11 is 0. The monoisotopic (exact) mass is 168 g/mol. The summed E-state index contributed by atoms with van der Waals surface area (Å²) in [5, 5.41) is 9.66. The molecule has 5 atom stereocenters. The average Bonchev–Trinajstić information content (AvgIpc) is 2.63. The van der Waals surface area contributed by atoms with Crippen molar-refractivity contribution in [1.29, 1.82) is 0 Å². The van der Waals surface area contributed by atoms with Gasteiger partial charge in [0.15, 0.2) is 6.29 Å². The largest absolute Gasteiger partial charge is 0.368 e. The van der Waals surface area contributed by atoms with Crippen LogP contribution in [0.15, 0.2) is 0 Å². The molecular formula is C10H16O2. The minimum absolute atomic E-state index is 0.322. The molecule has 1 heterocycles. The molecule has 0 spiro atoms. The molecule has 1 N–H and O–H groups in total. The van der Waals surface area contributed by atoms with Gasteiger partial charge in [0.25, 0.3) is 0 Å². The fraction of sp³-hybridized carbons (Fsp3) is 1.00. The predicted octanol–water partition coefficient (Wildman–Crippen LogP) is 1.39. The maximum atomic E-state index is 9.66. The standard InChI is InChI=1S/C10H16O2/c1-10-5-12-9(11)8(10)6-2-3-7(10)4-6/h6-9,11H,2-5H2,1H3. The van der Waals surface area contributed by atoms with E-state index in [1.807, 2.05) is 0 Å². The Morgan fingerprint density at radius 2 is 2.25 bits per heavy atom. The summed E-state index contributed by atoms with van der Waals surface area (Å²) < 4.78 is 5.36. The van der Waals surface area contributed by atoms with Crippen molar-refractivity contribution in [3.63, 3.8) is 0 Å². The number of hydrogen-bond acceptors (Lipinski definition) is 2. The Bertz CT molecular complexity index is 216. The summed E-state index contributed by atoms with van der Waals surface area (Å²) in [5.74, 6) is 2.05. The summed E-state index contributed by atoms with van der Waals surface area (Å²) in [7, 11) is 0. The summed E-state index contributed by atoms with van der Waals surface area (Å²) in [4.78, 5) is 0. The molecule has 0 aromatic heterocycles. The van der Waals surface area contributed by atoms with Gasteiger partial charge in [-0.25, -0.2) is 0 Å². The lowest BCUT2D eigenvalue weighted by Gasteiger charge is -2.34. The number of fused-ring (bicyclic) bond motifs is 5. The van der Waals surface area contributed by atoms with Crippen molar-refractivity contribution in [3.05, 3.63) is 0 Å². The van der Waals surface area contributed by atoms with Crippen molar-refractivity contribution < 1.29 is 9.84 Å². The summed E-state index contributed by atoms with van der Waals surface area (Å²) in [6, 6.07) is 0. The van der Waals surface area contributed by atoms with Crippen LogP contribution in [0.2, 0.25) is 0 Å². The highest BCUT2D eigenvalue weighted by Gasteiger charge is 2.61. The average molecular weight is 168 g/mol. The van der Waals surface area contributed by atoms with Crippen molar-refractivity contribution in [1.82, 2.24) is 0 Å². The minimum Gasteiger partial charge on any atom is -0.368 e. The summed E-state index contributed by atoms with van der Waals surface area (Å²) in [5.41, 5.74) is 0.322. The second-order valence-corrected chi connectivity index (χ2v) is 5.00. The smallest absolute Gasteiger partial charge is 0.158 e. The van der Waals surface area contributed by atoms with E-state index in [1.54, 1.807) is 0 Å². The molecule has 3 fully saturated rings. The van der Waals surface area contributed by atoms with E-state index in [2.05, 4.69) is 6.92 Å². The van der Waals surface area contributed by atoms with Gasteiger partial charge < -0.3 is 9.84 Å². The van der Waals surface area contributed by atoms with Gasteiger partial charge >= 0.3 is 0 Å². The third-order valence-electron chi connectivity index (χ3n) is 4.55. The first-order chi connectivity index (χ1) is 5.72. The first-order valence-electron chi connectivity index (χ1n) is 5.01. The number of rotatable bonds is 0. The zero-order valence-corrected chi connectivity index (χ0v) is 7.49. The van der Waals surface area contributed by atoms with Crippen molar-refractivity contribution in [3.8, 4) is 0 Å². The van der Waals surface area contributed by atoms with Gasteiger partial charge in [-0.05, 0) is 31.1 Å². The number of hydrogen-bond donors (Lipinski definition) is 1. The Morgan fingerprint density at radius 3 is 3.00 bits per heavy atom. The molecule has 1 saturated heterocycles. The van der Waals surface area contributed by atoms with Crippen LogP contribution in [0.1, 0.15) is 26.2 Å². The predicted molar refractivity (Wildman–Crippen MR) is 44.4 cm³/mol. The number of ether oxygens (including phenoxy) is 1. The zero-order chi connectivity index (χ0) is 8.34. The van der Waals surface area contributed by atoms with Crippen molar-refractivity contribution in [2.45, 2.75) is 32.5 Å². The molecule has 2 aliphatic carbocycles. The highest BCUT2D eigenvalue weighted by Crippen LogP contribution is 2.63. The van der Waals surface area contributed by atoms with E-state index < -0.39 is 6.29 Å². The van der Waals surface area contributed by atoms with Crippen LogP contribution in [-0.4, -0.2) is 18.0 Å². The second kappa shape index (κ2) is 2.05. The Labute approximate surface area is 72.9 Å². The highest BCUT2D eigenvalue weighted by molar-refractivity contribution is 5.07. The molecule has 2 nitrogen and oxygen atoms in total. The Balaban J connectivity index is 1.99. The van der Waals surface area contributed by atoms with Crippen LogP contribution in [0.25, 0.3) is 0 Å². The van der Waals surface area contributed by atoms with E-state index >= 15 is 0 Å². The molecule has 5 unspecified atom stereocenters. The summed E-state index contributed by atoms with van der Waals surface area (Å²) in [6.45, 7) is 3.09. The maximum absolute atomic E-state index is 9.66. The quantitative estimate of drug-likeness (QED) is 0.592. The zero-order valence-electron chi connectivity index (χ0n) is 7.49. The molecule has 0 radical (unpaired) electrons. The molecular weight excluding hydrogens is 152 g/mol. The van der Waals surface area contributed by atoms with Crippen LogP contribution < -0.4 is 0 Å². The molecule has 0 aromatic carbocycles. The van der Waals surface area contributed by atoms with E-state index in [0.29, 0.717) is 11.3 Å². The van der Waals surface area contributed by atoms with Crippen molar-refractivity contribution >= 4 is 0 Å². The lowest BCUT2D eigenvalue weighted by atomic mass is 9.69. The molecule has 68 valence electrons. The van der Waals surface area contributed by atoms with E-state index in [1.165, 1.54) is 19.3 Å². The minimum atomic E-state index is -0.453. The Kier molecular flexibility index (Phi) is 1.25. The van der Waals surface area contributed by atoms with Gasteiger partial charge in [0.1, 0.15) is 0 Å². The number of aliphatic hydroxyl groups is 1. The van der Waals surface area contributed by atoms with Crippen LogP contribution in [0.4, 0.5) is 0 Å². The molecule has 12 heavy (non-hydrogen) atoms. The van der Waals surface area contributed by atoms with Crippen LogP contribution in [0.3, 0.4) is 0 Å². The van der Waals surface area contributed by atoms with Crippen LogP contribution in [0, 0.1) is 23.2 Å². The van der Waals surface area contributed by atoms with Gasteiger partial charge in [0, 0.05) is 11.3 Å². The molecule has 3 rings (SSSR count). The Hall–Kier alpha value is -0.0800. The molecule has 2 saturated carbocycles. The second-order valence-electron chi connectivity index (χ2n) is 5.00. The molecule has 0 amide bonds. The van der Waals surface area contributed by atoms with E-state index in [4.69, 9.17) is 4.74 Å². The fourth-order valence-electron chi connectivity index (χ4n) is 3.89. The van der Waals surface area contributed by atoms with Gasteiger partial charge in [0.05, 0.1) is 6.61 Å². The first kappa shape index (κ1) is 7.34. The SMILES string of the molecule is CC12COC(O)C1C1CCC2C1. The maximum Gasteiger partial charge on any atom is 0.158 e. The number of aliphatic hydroxyl groups excluding tert-OH is 1. The molecule has 0 aromatic rings. The third kappa shape index (κ3) is 0.647. The fourth-order valence-corrected chi connectivity index (χ4v) is 3.89. The Morgan fingerprint density at radius 1 is 1.42 bits per heavy atom. The van der Waals surface area contributed by atoms with Crippen molar-refractivity contribution in [2.24, 2.45) is 23.2 Å². The van der Waals surface area contributed by atoms with Crippen LogP contribution in [-0.2, 0) is 4.74 Å². The summed E-state index contributed by atoms with van der Waals surface area (Å²) in [6.07, 6.45) is 3.59. The van der Waals surface area contributed by atoms with Crippen LogP contribution in [0.5, 0.6) is 0 Å². The van der Waals surface area contributed by atoms with Gasteiger partial charge in [-0.2, -0.15) is 0 Å². The van der Waals surface area contributed by atoms with Crippen molar-refractivity contribution in [2.75, 3.05) is 6.61 Å². The highest BCUT2D eigenvalue weighted by atomic mass is 16.6. The van der Waals surface area contributed by atoms with Gasteiger partial charge in [-0.15, -0.1) is 0 Å².